The van der Waals surface area contributed by atoms with Gasteiger partial charge in [-0.3, -0.25) is 0 Å². The normalized spacial score (nSPS) is 16.6. The Labute approximate surface area is 113 Å². The molecule has 0 spiro atoms. The van der Waals surface area contributed by atoms with Gasteiger partial charge in [-0.25, -0.2) is 0 Å². The highest BCUT2D eigenvalue weighted by atomic mass is 32.2. The highest BCUT2D eigenvalue weighted by Crippen LogP contribution is 2.36. The summed E-state index contributed by atoms with van der Waals surface area (Å²) in [5, 5.41) is 3.44. The number of thiophene rings is 1. The van der Waals surface area contributed by atoms with Crippen molar-refractivity contribution >= 4 is 23.1 Å². The molecule has 1 N–H and O–H groups in total. The van der Waals surface area contributed by atoms with Crippen molar-refractivity contribution in [3.8, 4) is 0 Å². The van der Waals surface area contributed by atoms with Crippen LogP contribution in [0.5, 0.6) is 0 Å². The molecule has 2 rings (SSSR count). The molecule has 1 atom stereocenters. The average Bonchev–Trinajstić information content (AvgIpc) is 2.78. The van der Waals surface area contributed by atoms with Crippen molar-refractivity contribution in [1.29, 1.82) is 0 Å². The zero-order chi connectivity index (χ0) is 12.3. The lowest BCUT2D eigenvalue weighted by Gasteiger charge is -2.15. The summed E-state index contributed by atoms with van der Waals surface area (Å²) in [6, 6.07) is 2.87. The highest BCUT2D eigenvalue weighted by Gasteiger charge is 2.18. The molecule has 1 unspecified atom stereocenters. The predicted octanol–water partition coefficient (Wildman–Crippen LogP) is 4.15. The number of thioether (sulfide) groups is 1. The summed E-state index contributed by atoms with van der Waals surface area (Å²) in [5.41, 5.74) is 2.91. The van der Waals surface area contributed by atoms with E-state index in [1.54, 1.807) is 10.4 Å². The SMILES string of the molecule is C=C(CC)CC(NC)c1cc2c(s1)CCSC2. The van der Waals surface area contributed by atoms with Crippen molar-refractivity contribution in [2.24, 2.45) is 0 Å². The molecule has 1 aromatic rings. The Morgan fingerprint density at radius 1 is 1.59 bits per heavy atom. The van der Waals surface area contributed by atoms with Gasteiger partial charge in [-0.2, -0.15) is 11.8 Å². The van der Waals surface area contributed by atoms with Crippen LogP contribution in [0.25, 0.3) is 0 Å². The molecule has 17 heavy (non-hydrogen) atoms. The van der Waals surface area contributed by atoms with E-state index >= 15 is 0 Å². The second-order valence-electron chi connectivity index (χ2n) is 4.55. The van der Waals surface area contributed by atoms with E-state index in [9.17, 15) is 0 Å². The number of rotatable bonds is 5. The first-order chi connectivity index (χ1) is 8.24. The molecular formula is C14H21NS2. The third kappa shape index (κ3) is 3.15. The van der Waals surface area contributed by atoms with Crippen molar-refractivity contribution < 1.29 is 0 Å². The van der Waals surface area contributed by atoms with E-state index in [1.807, 2.05) is 11.3 Å². The molecule has 0 saturated carbocycles. The fourth-order valence-corrected chi connectivity index (χ4v) is 4.61. The average molecular weight is 267 g/mol. The van der Waals surface area contributed by atoms with Gasteiger partial charge in [-0.15, -0.1) is 11.3 Å². The smallest absolute Gasteiger partial charge is 0.0450 e. The summed E-state index contributed by atoms with van der Waals surface area (Å²) in [4.78, 5) is 3.11. The summed E-state index contributed by atoms with van der Waals surface area (Å²) >= 11 is 4.06. The molecule has 1 nitrogen and oxygen atoms in total. The van der Waals surface area contributed by atoms with Gasteiger partial charge < -0.3 is 5.32 Å². The van der Waals surface area contributed by atoms with Gasteiger partial charge in [0.2, 0.25) is 0 Å². The first-order valence-corrected chi connectivity index (χ1v) is 8.24. The fraction of sp³-hybridized carbons (Fsp3) is 0.571. The largest absolute Gasteiger partial charge is 0.312 e. The lowest BCUT2D eigenvalue weighted by molar-refractivity contribution is 0.592. The van der Waals surface area contributed by atoms with E-state index in [1.165, 1.54) is 28.4 Å². The number of aryl methyl sites for hydroxylation is 1. The van der Waals surface area contributed by atoms with Gasteiger partial charge in [-0.05, 0) is 43.7 Å². The van der Waals surface area contributed by atoms with Crippen LogP contribution in [0.15, 0.2) is 18.2 Å². The Hall–Kier alpha value is -0.250. The number of fused-ring (bicyclic) bond motifs is 1. The number of hydrogen-bond acceptors (Lipinski definition) is 3. The van der Waals surface area contributed by atoms with Crippen LogP contribution in [0.3, 0.4) is 0 Å². The van der Waals surface area contributed by atoms with E-state index < -0.39 is 0 Å². The summed E-state index contributed by atoms with van der Waals surface area (Å²) in [6.45, 7) is 6.31. The maximum Gasteiger partial charge on any atom is 0.0450 e. The van der Waals surface area contributed by atoms with Gasteiger partial charge in [0.25, 0.3) is 0 Å². The first-order valence-electron chi connectivity index (χ1n) is 6.27. The molecular weight excluding hydrogens is 246 g/mol. The summed E-state index contributed by atoms with van der Waals surface area (Å²) in [6.07, 6.45) is 3.41. The Kier molecular flexibility index (Phi) is 4.71. The maximum absolute atomic E-state index is 4.13. The van der Waals surface area contributed by atoms with Crippen molar-refractivity contribution in [3.63, 3.8) is 0 Å². The van der Waals surface area contributed by atoms with Gasteiger partial charge >= 0.3 is 0 Å². The third-order valence-corrected chi connectivity index (χ3v) is 5.69. The van der Waals surface area contributed by atoms with E-state index in [4.69, 9.17) is 0 Å². The fourth-order valence-electron chi connectivity index (χ4n) is 2.12. The van der Waals surface area contributed by atoms with Crippen LogP contribution in [0, 0.1) is 0 Å². The van der Waals surface area contributed by atoms with E-state index in [2.05, 4.69) is 43.7 Å². The quantitative estimate of drug-likeness (QED) is 0.804. The zero-order valence-corrected chi connectivity index (χ0v) is 12.3. The molecule has 0 radical (unpaired) electrons. The second kappa shape index (κ2) is 6.07. The molecule has 1 aliphatic heterocycles. The monoisotopic (exact) mass is 267 g/mol. The van der Waals surface area contributed by atoms with Crippen molar-refractivity contribution in [3.05, 3.63) is 33.5 Å². The second-order valence-corrected chi connectivity index (χ2v) is 6.82. The van der Waals surface area contributed by atoms with Crippen molar-refractivity contribution in [1.82, 2.24) is 5.32 Å². The molecule has 0 bridgehead atoms. The van der Waals surface area contributed by atoms with Gasteiger partial charge in [-0.1, -0.05) is 19.1 Å². The summed E-state index contributed by atoms with van der Waals surface area (Å²) in [5.74, 6) is 2.50. The zero-order valence-electron chi connectivity index (χ0n) is 10.7. The molecule has 0 aromatic carbocycles. The molecule has 0 amide bonds. The Balaban J connectivity index is 2.13. The Morgan fingerprint density at radius 2 is 2.41 bits per heavy atom. The topological polar surface area (TPSA) is 12.0 Å². The Bertz CT molecular complexity index is 371. The Morgan fingerprint density at radius 3 is 3.06 bits per heavy atom. The molecule has 1 aliphatic rings. The van der Waals surface area contributed by atoms with E-state index in [0.717, 1.165) is 12.8 Å². The van der Waals surface area contributed by atoms with E-state index in [0.29, 0.717) is 6.04 Å². The van der Waals surface area contributed by atoms with Crippen molar-refractivity contribution in [2.45, 2.75) is 38.0 Å². The van der Waals surface area contributed by atoms with Crippen LogP contribution in [-0.4, -0.2) is 12.8 Å². The molecule has 94 valence electrons. The standard InChI is InChI=1S/C14H21NS2/c1-4-10(2)7-12(15-3)14-8-11-9-16-6-5-13(11)17-14/h8,12,15H,2,4-7,9H2,1,3H3. The van der Waals surface area contributed by atoms with Crippen LogP contribution < -0.4 is 5.32 Å². The molecule has 0 fully saturated rings. The van der Waals surface area contributed by atoms with E-state index in [-0.39, 0.29) is 0 Å². The van der Waals surface area contributed by atoms with Crippen LogP contribution in [0.1, 0.15) is 41.1 Å². The maximum atomic E-state index is 4.13. The summed E-state index contributed by atoms with van der Waals surface area (Å²) < 4.78 is 0. The van der Waals surface area contributed by atoms with Crippen LogP contribution in [0.4, 0.5) is 0 Å². The number of nitrogens with one attached hydrogen (secondary N) is 1. The molecule has 0 aliphatic carbocycles. The minimum Gasteiger partial charge on any atom is -0.312 e. The molecule has 1 aromatic heterocycles. The lowest BCUT2D eigenvalue weighted by Crippen LogP contribution is -2.15. The highest BCUT2D eigenvalue weighted by molar-refractivity contribution is 7.98. The minimum atomic E-state index is 0.461. The van der Waals surface area contributed by atoms with Crippen LogP contribution in [0.2, 0.25) is 0 Å². The first kappa shape index (κ1) is 13.2. The minimum absolute atomic E-state index is 0.461. The van der Waals surface area contributed by atoms with Crippen molar-refractivity contribution in [2.75, 3.05) is 12.8 Å². The lowest BCUT2D eigenvalue weighted by atomic mass is 10.0. The van der Waals surface area contributed by atoms with Gasteiger partial charge in [0.05, 0.1) is 0 Å². The molecule has 3 heteroatoms. The van der Waals surface area contributed by atoms with Crippen LogP contribution in [-0.2, 0) is 12.2 Å². The van der Waals surface area contributed by atoms with Crippen LogP contribution >= 0.6 is 23.1 Å². The van der Waals surface area contributed by atoms with Gasteiger partial charge in [0, 0.05) is 21.5 Å². The van der Waals surface area contributed by atoms with Gasteiger partial charge in [0.15, 0.2) is 0 Å². The van der Waals surface area contributed by atoms with Gasteiger partial charge in [0.1, 0.15) is 0 Å². The summed E-state index contributed by atoms with van der Waals surface area (Å²) in [7, 11) is 2.06. The molecule has 2 heterocycles. The molecule has 0 saturated heterocycles. The predicted molar refractivity (Wildman–Crippen MR) is 80.0 cm³/mol. The number of hydrogen-bond donors (Lipinski definition) is 1. The third-order valence-electron chi connectivity index (χ3n) is 3.33.